The van der Waals surface area contributed by atoms with Gasteiger partial charge in [-0.1, -0.05) is 12.1 Å². The summed E-state index contributed by atoms with van der Waals surface area (Å²) >= 11 is 0. The number of hydrogen-bond donors (Lipinski definition) is 1. The lowest BCUT2D eigenvalue weighted by Crippen LogP contribution is -2.40. The topological polar surface area (TPSA) is 24.5 Å². The molecule has 1 heterocycles. The Hall–Kier alpha value is -1.06. The summed E-state index contributed by atoms with van der Waals surface area (Å²) in [4.78, 5) is 2.59. The minimum atomic E-state index is 0.508. The maximum Gasteiger partial charge on any atom is 0.118 e. The molecular weight excluding hydrogens is 260 g/mol. The maximum atomic E-state index is 5.27. The maximum absolute atomic E-state index is 5.27. The molecule has 2 atom stereocenters. The van der Waals surface area contributed by atoms with Crippen molar-refractivity contribution in [2.45, 2.75) is 44.7 Å². The van der Waals surface area contributed by atoms with Gasteiger partial charge in [0.1, 0.15) is 5.75 Å². The molecule has 0 aromatic heterocycles. The van der Waals surface area contributed by atoms with Crippen molar-refractivity contribution in [1.29, 1.82) is 0 Å². The zero-order valence-corrected chi connectivity index (χ0v) is 13.3. The molecule has 1 aromatic carbocycles. The van der Waals surface area contributed by atoms with Crippen LogP contribution in [-0.2, 0) is 0 Å². The largest absolute Gasteiger partial charge is 0.497 e. The van der Waals surface area contributed by atoms with E-state index in [4.69, 9.17) is 4.74 Å². The third-order valence-electron chi connectivity index (χ3n) is 4.76. The van der Waals surface area contributed by atoms with E-state index >= 15 is 0 Å². The second kappa shape index (κ2) is 6.80. The summed E-state index contributed by atoms with van der Waals surface area (Å²) in [6.45, 7) is 6.07. The van der Waals surface area contributed by atoms with Crippen molar-refractivity contribution in [2.75, 3.05) is 26.7 Å². The Balaban J connectivity index is 1.60. The smallest absolute Gasteiger partial charge is 0.118 e. The van der Waals surface area contributed by atoms with Gasteiger partial charge in [-0.15, -0.1) is 0 Å². The molecule has 3 rings (SSSR count). The molecule has 2 fully saturated rings. The van der Waals surface area contributed by atoms with E-state index in [2.05, 4.69) is 41.4 Å². The summed E-state index contributed by atoms with van der Waals surface area (Å²) in [6.07, 6.45) is 5.47. The van der Waals surface area contributed by atoms with E-state index in [0.29, 0.717) is 12.1 Å². The molecule has 0 bridgehead atoms. The minimum absolute atomic E-state index is 0.508. The van der Waals surface area contributed by atoms with Gasteiger partial charge in [-0.2, -0.15) is 0 Å². The van der Waals surface area contributed by atoms with Gasteiger partial charge in [0.25, 0.3) is 0 Å². The van der Waals surface area contributed by atoms with Crippen LogP contribution < -0.4 is 10.1 Å². The first-order chi connectivity index (χ1) is 10.3. The third-order valence-corrected chi connectivity index (χ3v) is 4.76. The highest BCUT2D eigenvalue weighted by atomic mass is 16.5. The predicted octanol–water partition coefficient (Wildman–Crippen LogP) is 3.22. The highest BCUT2D eigenvalue weighted by Gasteiger charge is 2.33. The van der Waals surface area contributed by atoms with Crippen LogP contribution in [0, 0.1) is 5.92 Å². The Labute approximate surface area is 128 Å². The lowest BCUT2D eigenvalue weighted by Gasteiger charge is -2.27. The van der Waals surface area contributed by atoms with Crippen LogP contribution in [0.1, 0.15) is 44.2 Å². The van der Waals surface area contributed by atoms with E-state index in [9.17, 15) is 0 Å². The molecule has 3 heteroatoms. The summed E-state index contributed by atoms with van der Waals surface area (Å²) in [5, 5.41) is 3.88. The van der Waals surface area contributed by atoms with Crippen LogP contribution in [0.3, 0.4) is 0 Å². The van der Waals surface area contributed by atoms with Crippen LogP contribution in [0.4, 0.5) is 0 Å². The van der Waals surface area contributed by atoms with Gasteiger partial charge < -0.3 is 15.0 Å². The second-order valence-corrected chi connectivity index (χ2v) is 6.66. The lowest BCUT2D eigenvalue weighted by atomic mass is 10.0. The van der Waals surface area contributed by atoms with Crippen LogP contribution in [0.25, 0.3) is 0 Å². The number of nitrogens with zero attached hydrogens (tertiary/aromatic N) is 1. The van der Waals surface area contributed by atoms with Crippen molar-refractivity contribution in [2.24, 2.45) is 5.92 Å². The van der Waals surface area contributed by atoms with Gasteiger partial charge in [0.2, 0.25) is 0 Å². The highest BCUT2D eigenvalue weighted by Crippen LogP contribution is 2.41. The van der Waals surface area contributed by atoms with Gasteiger partial charge in [-0.25, -0.2) is 0 Å². The molecule has 1 aliphatic heterocycles. The predicted molar refractivity (Wildman–Crippen MR) is 86.7 cm³/mol. The SMILES string of the molecule is COc1ccc(C(NC(C)CN2CCCC2)C2CC2)cc1. The van der Waals surface area contributed by atoms with Crippen molar-refractivity contribution in [3.63, 3.8) is 0 Å². The molecule has 0 radical (unpaired) electrons. The number of benzene rings is 1. The zero-order valence-electron chi connectivity index (χ0n) is 13.3. The summed E-state index contributed by atoms with van der Waals surface area (Å²) in [5.41, 5.74) is 1.41. The molecule has 0 amide bonds. The molecule has 116 valence electrons. The molecule has 1 aliphatic carbocycles. The number of ether oxygens (including phenoxy) is 1. The summed E-state index contributed by atoms with van der Waals surface area (Å²) in [7, 11) is 1.73. The van der Waals surface area contributed by atoms with Crippen molar-refractivity contribution < 1.29 is 4.74 Å². The molecule has 1 aromatic rings. The molecular formula is C18H28N2O. The van der Waals surface area contributed by atoms with Gasteiger partial charge in [0, 0.05) is 18.6 Å². The van der Waals surface area contributed by atoms with Crippen LogP contribution in [0.2, 0.25) is 0 Å². The normalized spacial score (nSPS) is 22.2. The number of methoxy groups -OCH3 is 1. The second-order valence-electron chi connectivity index (χ2n) is 6.66. The van der Waals surface area contributed by atoms with E-state index in [-0.39, 0.29) is 0 Å². The van der Waals surface area contributed by atoms with Gasteiger partial charge in [0.15, 0.2) is 0 Å². The van der Waals surface area contributed by atoms with Gasteiger partial charge in [-0.05, 0) is 69.3 Å². The monoisotopic (exact) mass is 288 g/mol. The minimum Gasteiger partial charge on any atom is -0.497 e. The quantitative estimate of drug-likeness (QED) is 0.834. The van der Waals surface area contributed by atoms with E-state index in [0.717, 1.165) is 11.7 Å². The Morgan fingerprint density at radius 3 is 2.43 bits per heavy atom. The van der Waals surface area contributed by atoms with E-state index in [1.165, 1.54) is 50.9 Å². The first-order valence-corrected chi connectivity index (χ1v) is 8.38. The van der Waals surface area contributed by atoms with Gasteiger partial charge in [0.05, 0.1) is 7.11 Å². The number of hydrogen-bond acceptors (Lipinski definition) is 3. The molecule has 2 unspecified atom stereocenters. The van der Waals surface area contributed by atoms with Crippen LogP contribution in [0.5, 0.6) is 5.75 Å². The summed E-state index contributed by atoms with van der Waals surface area (Å²) < 4.78 is 5.27. The third kappa shape index (κ3) is 3.98. The van der Waals surface area contributed by atoms with E-state index < -0.39 is 0 Å². The Morgan fingerprint density at radius 1 is 1.19 bits per heavy atom. The van der Waals surface area contributed by atoms with Gasteiger partial charge in [-0.3, -0.25) is 0 Å². The van der Waals surface area contributed by atoms with Crippen molar-refractivity contribution in [3.8, 4) is 5.75 Å². The summed E-state index contributed by atoms with van der Waals surface area (Å²) in [6, 6.07) is 9.66. The number of likely N-dealkylation sites (tertiary alicyclic amines) is 1. The molecule has 1 saturated heterocycles. The standard InChI is InChI=1S/C18H28N2O/c1-14(13-20-11-3-4-12-20)19-18(15-5-6-15)16-7-9-17(21-2)10-8-16/h7-10,14-15,18-19H,3-6,11-13H2,1-2H3. The molecule has 3 nitrogen and oxygen atoms in total. The Bertz CT molecular complexity index is 435. The zero-order chi connectivity index (χ0) is 14.7. The highest BCUT2D eigenvalue weighted by molar-refractivity contribution is 5.30. The summed E-state index contributed by atoms with van der Waals surface area (Å²) in [5.74, 6) is 1.76. The van der Waals surface area contributed by atoms with Gasteiger partial charge >= 0.3 is 0 Å². The van der Waals surface area contributed by atoms with E-state index in [1.54, 1.807) is 7.11 Å². The Kier molecular flexibility index (Phi) is 4.81. The van der Waals surface area contributed by atoms with Crippen LogP contribution >= 0.6 is 0 Å². The van der Waals surface area contributed by atoms with E-state index in [1.807, 2.05) is 0 Å². The lowest BCUT2D eigenvalue weighted by molar-refractivity contribution is 0.280. The van der Waals surface area contributed by atoms with Crippen molar-refractivity contribution in [3.05, 3.63) is 29.8 Å². The molecule has 1 saturated carbocycles. The average molecular weight is 288 g/mol. The molecule has 0 spiro atoms. The fourth-order valence-corrected chi connectivity index (χ4v) is 3.46. The first kappa shape index (κ1) is 14.9. The molecule has 21 heavy (non-hydrogen) atoms. The average Bonchev–Trinajstić information content (AvgIpc) is 3.23. The number of nitrogens with one attached hydrogen (secondary N) is 1. The van der Waals surface area contributed by atoms with Crippen LogP contribution in [-0.4, -0.2) is 37.7 Å². The Morgan fingerprint density at radius 2 is 1.86 bits per heavy atom. The fraction of sp³-hybridized carbons (Fsp3) is 0.667. The molecule has 1 N–H and O–H groups in total. The molecule has 2 aliphatic rings. The fourth-order valence-electron chi connectivity index (χ4n) is 3.46. The van der Waals surface area contributed by atoms with Crippen molar-refractivity contribution in [1.82, 2.24) is 10.2 Å². The van der Waals surface area contributed by atoms with Crippen LogP contribution in [0.15, 0.2) is 24.3 Å². The number of rotatable bonds is 7. The first-order valence-electron chi connectivity index (χ1n) is 8.38. The van der Waals surface area contributed by atoms with Crippen molar-refractivity contribution >= 4 is 0 Å².